The molecule has 1 rings (SSSR count). The minimum Gasteiger partial charge on any atom is -0.207 e. The van der Waals surface area contributed by atoms with E-state index in [2.05, 4.69) is 0 Å². The summed E-state index contributed by atoms with van der Waals surface area (Å²) in [5.74, 6) is 0.320. The Labute approximate surface area is 129 Å². The number of benzene rings is 1. The van der Waals surface area contributed by atoms with Gasteiger partial charge in [-0.15, -0.1) is 11.6 Å². The third kappa shape index (κ3) is 3.99. The quantitative estimate of drug-likeness (QED) is 0.757. The zero-order chi connectivity index (χ0) is 14.8. The second-order valence-electron chi connectivity index (χ2n) is 4.69. The summed E-state index contributed by atoms with van der Waals surface area (Å²) in [6.07, 6.45) is 0. The normalized spacial score (nSPS) is 12.4. The van der Waals surface area contributed by atoms with Gasteiger partial charge in [0.1, 0.15) is 4.90 Å². The minimum atomic E-state index is -3.66. The standard InChI is InChI=1S/C12H16Cl3NO2S/c1-8(2)7-16(3)19(17,18)11-5-10(14)4-9(6-13)12(11)15/h4-5,8H,6-7H2,1-3H3. The van der Waals surface area contributed by atoms with Crippen LogP contribution in [0.1, 0.15) is 19.4 Å². The molecule has 0 unspecified atom stereocenters. The molecule has 0 N–H and O–H groups in total. The Morgan fingerprint density at radius 2 is 1.84 bits per heavy atom. The second kappa shape index (κ2) is 6.64. The summed E-state index contributed by atoms with van der Waals surface area (Å²) in [4.78, 5) is 0.000432. The van der Waals surface area contributed by atoms with Gasteiger partial charge in [0.15, 0.2) is 0 Å². The first-order valence-electron chi connectivity index (χ1n) is 5.70. The van der Waals surface area contributed by atoms with Gasteiger partial charge in [0, 0.05) is 24.5 Å². The van der Waals surface area contributed by atoms with E-state index in [1.54, 1.807) is 6.07 Å². The van der Waals surface area contributed by atoms with Crippen LogP contribution in [-0.4, -0.2) is 26.3 Å². The smallest absolute Gasteiger partial charge is 0.207 e. The molecule has 0 amide bonds. The van der Waals surface area contributed by atoms with Gasteiger partial charge >= 0.3 is 0 Å². The maximum Gasteiger partial charge on any atom is 0.244 e. The lowest BCUT2D eigenvalue weighted by Crippen LogP contribution is -2.30. The molecule has 0 saturated carbocycles. The summed E-state index contributed by atoms with van der Waals surface area (Å²) >= 11 is 17.8. The van der Waals surface area contributed by atoms with Gasteiger partial charge in [0.05, 0.1) is 5.02 Å². The van der Waals surface area contributed by atoms with Crippen molar-refractivity contribution in [1.29, 1.82) is 0 Å². The van der Waals surface area contributed by atoms with E-state index in [0.717, 1.165) is 0 Å². The molecule has 7 heteroatoms. The van der Waals surface area contributed by atoms with Crippen molar-refractivity contribution < 1.29 is 8.42 Å². The third-order valence-corrected chi connectivity index (χ3v) is 5.45. The summed E-state index contributed by atoms with van der Waals surface area (Å²) in [5, 5.41) is 0.437. The molecule has 0 radical (unpaired) electrons. The fraction of sp³-hybridized carbons (Fsp3) is 0.500. The summed E-state index contributed by atoms with van der Waals surface area (Å²) in [5.41, 5.74) is 0.507. The number of sulfonamides is 1. The van der Waals surface area contributed by atoms with Crippen LogP contribution in [0.25, 0.3) is 0 Å². The van der Waals surface area contributed by atoms with Crippen molar-refractivity contribution >= 4 is 44.8 Å². The highest BCUT2D eigenvalue weighted by Gasteiger charge is 2.26. The number of hydrogen-bond acceptors (Lipinski definition) is 2. The molecule has 3 nitrogen and oxygen atoms in total. The topological polar surface area (TPSA) is 37.4 Å². The number of alkyl halides is 1. The largest absolute Gasteiger partial charge is 0.244 e. The molecule has 0 aliphatic heterocycles. The number of rotatable bonds is 5. The van der Waals surface area contributed by atoms with Gasteiger partial charge in [-0.05, 0) is 23.6 Å². The van der Waals surface area contributed by atoms with Gasteiger partial charge in [-0.25, -0.2) is 12.7 Å². The van der Waals surface area contributed by atoms with Crippen LogP contribution in [-0.2, 0) is 15.9 Å². The SMILES string of the molecule is CC(C)CN(C)S(=O)(=O)c1cc(Cl)cc(CCl)c1Cl. The third-order valence-electron chi connectivity index (χ3n) is 2.53. The Hall–Kier alpha value is -0.000000000000000111. The molecule has 108 valence electrons. The van der Waals surface area contributed by atoms with Crippen LogP contribution in [0.4, 0.5) is 0 Å². The van der Waals surface area contributed by atoms with Crippen LogP contribution >= 0.6 is 34.8 Å². The first-order valence-corrected chi connectivity index (χ1v) is 8.43. The van der Waals surface area contributed by atoms with Gasteiger partial charge < -0.3 is 0 Å². The molecule has 0 heterocycles. The Morgan fingerprint density at radius 3 is 2.32 bits per heavy atom. The van der Waals surface area contributed by atoms with Crippen LogP contribution in [0.5, 0.6) is 0 Å². The first kappa shape index (κ1) is 17.1. The lowest BCUT2D eigenvalue weighted by molar-refractivity contribution is 0.417. The predicted octanol–water partition coefficient (Wildman–Crippen LogP) is 4.01. The molecule has 0 atom stereocenters. The Balaban J connectivity index is 3.32. The zero-order valence-electron chi connectivity index (χ0n) is 11.0. The van der Waals surface area contributed by atoms with Gasteiger partial charge in [-0.1, -0.05) is 37.0 Å². The van der Waals surface area contributed by atoms with Crippen LogP contribution in [0.15, 0.2) is 17.0 Å². The van der Waals surface area contributed by atoms with Gasteiger partial charge in [0.2, 0.25) is 10.0 Å². The Bertz CT molecular complexity index is 558. The number of hydrogen-bond donors (Lipinski definition) is 0. The Kier molecular flexibility index (Phi) is 5.96. The van der Waals surface area contributed by atoms with Gasteiger partial charge in [-0.2, -0.15) is 0 Å². The summed E-state index contributed by atoms with van der Waals surface area (Å²) in [6.45, 7) is 4.28. The zero-order valence-corrected chi connectivity index (χ0v) is 14.0. The summed E-state index contributed by atoms with van der Waals surface area (Å²) in [7, 11) is -2.14. The van der Waals surface area contributed by atoms with Crippen LogP contribution in [0, 0.1) is 5.92 Å². The van der Waals surface area contributed by atoms with Crippen molar-refractivity contribution in [2.75, 3.05) is 13.6 Å². The highest BCUT2D eigenvalue weighted by molar-refractivity contribution is 7.89. The molecule has 0 bridgehead atoms. The molecule has 0 spiro atoms. The van der Waals surface area contributed by atoms with E-state index in [-0.39, 0.29) is 21.7 Å². The van der Waals surface area contributed by atoms with Crippen molar-refractivity contribution in [2.45, 2.75) is 24.6 Å². The molecule has 0 fully saturated rings. The molecule has 0 saturated heterocycles. The first-order chi connectivity index (χ1) is 8.70. The summed E-state index contributed by atoms with van der Waals surface area (Å²) in [6, 6.07) is 2.92. The lowest BCUT2D eigenvalue weighted by atomic mass is 10.2. The fourth-order valence-electron chi connectivity index (χ4n) is 1.68. The number of nitrogens with zero attached hydrogens (tertiary/aromatic N) is 1. The van der Waals surface area contributed by atoms with E-state index in [0.29, 0.717) is 17.1 Å². The molecule has 0 aliphatic carbocycles. The maximum absolute atomic E-state index is 12.4. The average Bonchev–Trinajstić information content (AvgIpc) is 2.30. The maximum atomic E-state index is 12.4. The molecule has 0 aliphatic rings. The van der Waals surface area contributed by atoms with E-state index < -0.39 is 10.0 Å². The second-order valence-corrected chi connectivity index (χ2v) is 7.79. The van der Waals surface area contributed by atoms with Gasteiger partial charge in [0.25, 0.3) is 0 Å². The molecule has 1 aromatic rings. The van der Waals surface area contributed by atoms with Crippen molar-refractivity contribution in [3.05, 3.63) is 27.7 Å². The molecular formula is C12H16Cl3NO2S. The molecule has 19 heavy (non-hydrogen) atoms. The van der Waals surface area contributed by atoms with Crippen molar-refractivity contribution in [1.82, 2.24) is 4.31 Å². The van der Waals surface area contributed by atoms with Crippen molar-refractivity contribution in [2.24, 2.45) is 5.92 Å². The Morgan fingerprint density at radius 1 is 1.26 bits per heavy atom. The summed E-state index contributed by atoms with van der Waals surface area (Å²) < 4.78 is 26.2. The van der Waals surface area contributed by atoms with E-state index in [9.17, 15) is 8.42 Å². The molecule has 0 aromatic heterocycles. The fourth-order valence-corrected chi connectivity index (χ4v) is 4.20. The monoisotopic (exact) mass is 343 g/mol. The number of halogens is 3. The van der Waals surface area contributed by atoms with Crippen LogP contribution < -0.4 is 0 Å². The predicted molar refractivity (Wildman–Crippen MR) is 80.7 cm³/mol. The van der Waals surface area contributed by atoms with E-state index in [1.807, 2.05) is 13.8 Å². The van der Waals surface area contributed by atoms with E-state index in [1.165, 1.54) is 17.4 Å². The molecular weight excluding hydrogens is 329 g/mol. The lowest BCUT2D eigenvalue weighted by Gasteiger charge is -2.20. The van der Waals surface area contributed by atoms with E-state index >= 15 is 0 Å². The van der Waals surface area contributed by atoms with Crippen LogP contribution in [0.3, 0.4) is 0 Å². The molecule has 1 aromatic carbocycles. The average molecular weight is 345 g/mol. The minimum absolute atomic E-state index is 0.000432. The highest BCUT2D eigenvalue weighted by atomic mass is 35.5. The van der Waals surface area contributed by atoms with Crippen LogP contribution in [0.2, 0.25) is 10.0 Å². The van der Waals surface area contributed by atoms with Crippen molar-refractivity contribution in [3.63, 3.8) is 0 Å². The highest BCUT2D eigenvalue weighted by Crippen LogP contribution is 2.32. The van der Waals surface area contributed by atoms with Crippen molar-refractivity contribution in [3.8, 4) is 0 Å². The van der Waals surface area contributed by atoms with Gasteiger partial charge in [-0.3, -0.25) is 0 Å². The van der Waals surface area contributed by atoms with E-state index in [4.69, 9.17) is 34.8 Å².